The Morgan fingerprint density at radius 3 is 2.30 bits per heavy atom. The summed E-state index contributed by atoms with van der Waals surface area (Å²) in [6.07, 6.45) is -4.14. The molecule has 2 aromatic rings. The van der Waals surface area contributed by atoms with Crippen molar-refractivity contribution >= 4 is 6.29 Å². The summed E-state index contributed by atoms with van der Waals surface area (Å²) in [6, 6.07) is 7.64. The molecule has 0 N–H and O–H groups in total. The standard InChI is InChI=1S/C14H8F4O2/c15-13-7-12(5-4-9(13)8-19)20-11-3-1-2-10(6-11)14(16,17)18/h1-8H. The second kappa shape index (κ2) is 5.32. The average molecular weight is 284 g/mol. The van der Waals surface area contributed by atoms with E-state index in [9.17, 15) is 22.4 Å². The van der Waals surface area contributed by atoms with E-state index in [1.54, 1.807) is 0 Å². The number of benzene rings is 2. The number of halogens is 4. The molecule has 2 aromatic carbocycles. The van der Waals surface area contributed by atoms with Crippen LogP contribution >= 0.6 is 0 Å². The highest BCUT2D eigenvalue weighted by Gasteiger charge is 2.30. The zero-order valence-corrected chi connectivity index (χ0v) is 9.95. The van der Waals surface area contributed by atoms with Gasteiger partial charge in [0.05, 0.1) is 11.1 Å². The molecule has 0 aliphatic heterocycles. The van der Waals surface area contributed by atoms with Crippen LogP contribution in [0.15, 0.2) is 42.5 Å². The predicted molar refractivity (Wildman–Crippen MR) is 63.3 cm³/mol. The van der Waals surface area contributed by atoms with E-state index in [4.69, 9.17) is 4.74 Å². The summed E-state index contributed by atoms with van der Waals surface area (Å²) in [7, 11) is 0. The molecule has 0 bridgehead atoms. The van der Waals surface area contributed by atoms with Gasteiger partial charge >= 0.3 is 6.18 Å². The van der Waals surface area contributed by atoms with Crippen LogP contribution in [0.25, 0.3) is 0 Å². The summed E-state index contributed by atoms with van der Waals surface area (Å²) in [6.45, 7) is 0. The van der Waals surface area contributed by atoms with Crippen molar-refractivity contribution in [1.29, 1.82) is 0 Å². The van der Waals surface area contributed by atoms with Gasteiger partial charge < -0.3 is 4.74 Å². The van der Waals surface area contributed by atoms with E-state index in [0.717, 1.165) is 18.2 Å². The third kappa shape index (κ3) is 3.14. The highest BCUT2D eigenvalue weighted by molar-refractivity contribution is 5.75. The van der Waals surface area contributed by atoms with Crippen LogP contribution in [0.1, 0.15) is 15.9 Å². The van der Waals surface area contributed by atoms with Crippen LogP contribution in [0.3, 0.4) is 0 Å². The van der Waals surface area contributed by atoms with Crippen molar-refractivity contribution in [2.75, 3.05) is 0 Å². The normalized spacial score (nSPS) is 11.2. The van der Waals surface area contributed by atoms with Crippen LogP contribution < -0.4 is 4.74 Å². The summed E-state index contributed by atoms with van der Waals surface area (Å²) in [4.78, 5) is 10.4. The Bertz CT molecular complexity index is 635. The molecule has 0 saturated carbocycles. The second-order valence-electron chi connectivity index (χ2n) is 3.93. The highest BCUT2D eigenvalue weighted by atomic mass is 19.4. The molecule has 6 heteroatoms. The summed E-state index contributed by atoms with van der Waals surface area (Å²) in [5, 5.41) is 0. The van der Waals surface area contributed by atoms with Gasteiger partial charge in [-0.3, -0.25) is 4.79 Å². The summed E-state index contributed by atoms with van der Waals surface area (Å²) in [5.41, 5.74) is -1.01. The van der Waals surface area contributed by atoms with Gasteiger partial charge in [0, 0.05) is 6.07 Å². The lowest BCUT2D eigenvalue weighted by molar-refractivity contribution is -0.137. The first-order valence-electron chi connectivity index (χ1n) is 5.50. The number of rotatable bonds is 3. The van der Waals surface area contributed by atoms with Gasteiger partial charge in [-0.2, -0.15) is 13.2 Å². The molecule has 0 aliphatic carbocycles. The number of hydrogen-bond acceptors (Lipinski definition) is 2. The van der Waals surface area contributed by atoms with E-state index in [1.807, 2.05) is 0 Å². The van der Waals surface area contributed by atoms with E-state index in [-0.39, 0.29) is 17.1 Å². The molecular weight excluding hydrogens is 276 g/mol. The Morgan fingerprint density at radius 2 is 1.70 bits per heavy atom. The van der Waals surface area contributed by atoms with E-state index in [0.29, 0.717) is 6.29 Å². The summed E-state index contributed by atoms with van der Waals surface area (Å²) < 4.78 is 56.0. The first-order valence-corrected chi connectivity index (χ1v) is 5.50. The first kappa shape index (κ1) is 14.0. The van der Waals surface area contributed by atoms with Gasteiger partial charge in [0.15, 0.2) is 6.29 Å². The summed E-state index contributed by atoms with van der Waals surface area (Å²) >= 11 is 0. The topological polar surface area (TPSA) is 26.3 Å². The lowest BCUT2D eigenvalue weighted by atomic mass is 10.2. The molecule has 0 aromatic heterocycles. The number of ether oxygens (including phenoxy) is 1. The lowest BCUT2D eigenvalue weighted by Gasteiger charge is -2.10. The molecule has 2 rings (SSSR count). The molecule has 0 unspecified atom stereocenters. The molecular formula is C14H8F4O2. The highest BCUT2D eigenvalue weighted by Crippen LogP contribution is 2.32. The molecule has 0 fully saturated rings. The van der Waals surface area contributed by atoms with Crippen molar-refractivity contribution in [3.05, 3.63) is 59.4 Å². The first-order chi connectivity index (χ1) is 9.40. The van der Waals surface area contributed by atoms with Crippen LogP contribution in [0, 0.1) is 5.82 Å². The maximum atomic E-state index is 13.3. The van der Waals surface area contributed by atoms with Crippen LogP contribution in [0.5, 0.6) is 11.5 Å². The summed E-state index contributed by atoms with van der Waals surface area (Å²) in [5.74, 6) is -0.866. The number of carbonyl (C=O) groups excluding carboxylic acids is 1. The SMILES string of the molecule is O=Cc1ccc(Oc2cccc(C(F)(F)F)c2)cc1F. The molecule has 0 aliphatic rings. The Kier molecular flexibility index (Phi) is 3.74. The van der Waals surface area contributed by atoms with Gasteiger partial charge in [0.25, 0.3) is 0 Å². The maximum absolute atomic E-state index is 13.3. The zero-order valence-electron chi connectivity index (χ0n) is 9.95. The van der Waals surface area contributed by atoms with Gasteiger partial charge in [0.2, 0.25) is 0 Å². The van der Waals surface area contributed by atoms with Crippen LogP contribution in [0.2, 0.25) is 0 Å². The van der Waals surface area contributed by atoms with E-state index < -0.39 is 17.6 Å². The Morgan fingerprint density at radius 1 is 1.00 bits per heavy atom. The maximum Gasteiger partial charge on any atom is 0.416 e. The van der Waals surface area contributed by atoms with Gasteiger partial charge in [-0.15, -0.1) is 0 Å². The molecule has 0 atom stereocenters. The third-order valence-electron chi connectivity index (χ3n) is 2.50. The number of carbonyl (C=O) groups is 1. The van der Waals surface area contributed by atoms with E-state index in [1.165, 1.54) is 24.3 Å². The minimum absolute atomic E-state index is 0.00687. The van der Waals surface area contributed by atoms with E-state index in [2.05, 4.69) is 0 Å². The molecule has 104 valence electrons. The molecule has 2 nitrogen and oxygen atoms in total. The number of aldehydes is 1. The van der Waals surface area contributed by atoms with Gasteiger partial charge in [0.1, 0.15) is 17.3 Å². The third-order valence-corrected chi connectivity index (χ3v) is 2.50. The van der Waals surface area contributed by atoms with Crippen LogP contribution in [-0.4, -0.2) is 6.29 Å². The fourth-order valence-electron chi connectivity index (χ4n) is 1.54. The fraction of sp³-hybridized carbons (Fsp3) is 0.0714. The molecule has 0 heterocycles. The molecule has 0 saturated heterocycles. The number of alkyl halides is 3. The second-order valence-corrected chi connectivity index (χ2v) is 3.93. The van der Waals surface area contributed by atoms with Gasteiger partial charge in [-0.1, -0.05) is 6.07 Å². The van der Waals surface area contributed by atoms with Crippen molar-refractivity contribution in [1.82, 2.24) is 0 Å². The molecule has 0 spiro atoms. The van der Waals surface area contributed by atoms with Crippen LogP contribution in [0.4, 0.5) is 17.6 Å². The lowest BCUT2D eigenvalue weighted by Crippen LogP contribution is -2.04. The van der Waals surface area contributed by atoms with Gasteiger partial charge in [-0.25, -0.2) is 4.39 Å². The minimum Gasteiger partial charge on any atom is -0.457 e. The van der Waals surface area contributed by atoms with Crippen molar-refractivity contribution in [2.45, 2.75) is 6.18 Å². The quantitative estimate of drug-likeness (QED) is 0.615. The van der Waals surface area contributed by atoms with Crippen molar-refractivity contribution in [3.8, 4) is 11.5 Å². The fourth-order valence-corrected chi connectivity index (χ4v) is 1.54. The van der Waals surface area contributed by atoms with Crippen LogP contribution in [-0.2, 0) is 6.18 Å². The Hall–Kier alpha value is -2.37. The van der Waals surface area contributed by atoms with Crippen molar-refractivity contribution in [3.63, 3.8) is 0 Å². The predicted octanol–water partition coefficient (Wildman–Crippen LogP) is 4.45. The molecule has 20 heavy (non-hydrogen) atoms. The zero-order chi connectivity index (χ0) is 14.8. The molecule has 0 radical (unpaired) electrons. The van der Waals surface area contributed by atoms with Crippen molar-refractivity contribution in [2.24, 2.45) is 0 Å². The monoisotopic (exact) mass is 284 g/mol. The number of hydrogen-bond donors (Lipinski definition) is 0. The average Bonchev–Trinajstić information content (AvgIpc) is 2.38. The Balaban J connectivity index is 2.26. The molecule has 0 amide bonds. The Labute approximate surface area is 111 Å². The van der Waals surface area contributed by atoms with Gasteiger partial charge in [-0.05, 0) is 30.3 Å². The van der Waals surface area contributed by atoms with E-state index >= 15 is 0 Å². The minimum atomic E-state index is -4.48. The van der Waals surface area contributed by atoms with Crippen molar-refractivity contribution < 1.29 is 27.1 Å². The largest absolute Gasteiger partial charge is 0.457 e. The smallest absolute Gasteiger partial charge is 0.416 e.